The first-order valence-electron chi connectivity index (χ1n) is 8.24. The highest BCUT2D eigenvalue weighted by molar-refractivity contribution is 5.92. The van der Waals surface area contributed by atoms with Gasteiger partial charge in [-0.1, -0.05) is 67.8 Å². The van der Waals surface area contributed by atoms with Crippen molar-refractivity contribution in [2.24, 2.45) is 0 Å². The van der Waals surface area contributed by atoms with E-state index in [0.29, 0.717) is 5.92 Å². The Hall–Kier alpha value is -2.22. The lowest BCUT2D eigenvalue weighted by atomic mass is 9.88. The molecule has 2 nitrogen and oxygen atoms in total. The maximum Gasteiger partial charge on any atom is 0.132 e. The zero-order valence-corrected chi connectivity index (χ0v) is 12.7. The third-order valence-corrected chi connectivity index (χ3v) is 4.64. The summed E-state index contributed by atoms with van der Waals surface area (Å²) < 4.78 is 0. The Labute approximate surface area is 131 Å². The summed E-state index contributed by atoms with van der Waals surface area (Å²) in [5.74, 6) is 1.57. The molecule has 3 aromatic rings. The quantitative estimate of drug-likeness (QED) is 0.635. The van der Waals surface area contributed by atoms with Crippen LogP contribution in [0.5, 0.6) is 0 Å². The number of hydrogen-bond acceptors (Lipinski definition) is 2. The van der Waals surface area contributed by atoms with E-state index in [1.54, 1.807) is 0 Å². The van der Waals surface area contributed by atoms with Gasteiger partial charge in [-0.15, -0.1) is 0 Å². The van der Waals surface area contributed by atoms with Crippen LogP contribution < -0.4 is 0 Å². The van der Waals surface area contributed by atoms with Crippen molar-refractivity contribution in [3.05, 3.63) is 60.4 Å². The maximum atomic E-state index is 4.98. The van der Waals surface area contributed by atoms with Crippen LogP contribution in [0, 0.1) is 0 Å². The molecule has 1 aliphatic rings. The van der Waals surface area contributed by atoms with Crippen molar-refractivity contribution in [2.45, 2.75) is 38.0 Å². The summed E-state index contributed by atoms with van der Waals surface area (Å²) in [4.78, 5) is 9.86. The van der Waals surface area contributed by atoms with Gasteiger partial charge in [-0.25, -0.2) is 9.97 Å². The number of rotatable bonds is 2. The Kier molecular flexibility index (Phi) is 3.59. The minimum absolute atomic E-state index is 0.529. The van der Waals surface area contributed by atoms with Crippen LogP contribution in [-0.4, -0.2) is 9.97 Å². The zero-order valence-electron chi connectivity index (χ0n) is 12.7. The fourth-order valence-electron chi connectivity index (χ4n) is 3.45. The molecular weight excluding hydrogens is 268 g/mol. The van der Waals surface area contributed by atoms with Crippen LogP contribution in [0.25, 0.3) is 22.2 Å². The lowest BCUT2D eigenvalue weighted by molar-refractivity contribution is 0.430. The SMILES string of the molecule is c1ccc(-c2nc(C3CCCCC3)nc3ccccc23)cc1. The lowest BCUT2D eigenvalue weighted by Crippen LogP contribution is -2.09. The Balaban J connectivity index is 1.89. The molecule has 0 spiro atoms. The van der Waals surface area contributed by atoms with Crippen molar-refractivity contribution in [3.8, 4) is 11.3 Å². The molecular formula is C20H20N2. The van der Waals surface area contributed by atoms with Gasteiger partial charge in [-0.05, 0) is 18.9 Å². The summed E-state index contributed by atoms with van der Waals surface area (Å²) >= 11 is 0. The van der Waals surface area contributed by atoms with Crippen LogP contribution in [0.1, 0.15) is 43.8 Å². The molecule has 22 heavy (non-hydrogen) atoms. The maximum absolute atomic E-state index is 4.98. The van der Waals surface area contributed by atoms with Gasteiger partial charge in [0.2, 0.25) is 0 Å². The van der Waals surface area contributed by atoms with Crippen LogP contribution in [0.4, 0.5) is 0 Å². The fraction of sp³-hybridized carbons (Fsp3) is 0.300. The summed E-state index contributed by atoms with van der Waals surface area (Å²) in [6.45, 7) is 0. The minimum Gasteiger partial charge on any atom is -0.233 e. The third kappa shape index (κ3) is 2.50. The fourth-order valence-corrected chi connectivity index (χ4v) is 3.45. The molecule has 2 aromatic carbocycles. The first-order chi connectivity index (χ1) is 10.9. The normalized spacial score (nSPS) is 16.0. The predicted octanol–water partition coefficient (Wildman–Crippen LogP) is 5.34. The largest absolute Gasteiger partial charge is 0.233 e. The summed E-state index contributed by atoms with van der Waals surface area (Å²) in [5, 5.41) is 1.15. The van der Waals surface area contributed by atoms with E-state index in [2.05, 4.69) is 54.6 Å². The molecule has 0 bridgehead atoms. The molecule has 1 heterocycles. The highest BCUT2D eigenvalue weighted by atomic mass is 14.9. The standard InChI is InChI=1S/C20H20N2/c1-3-9-15(10-4-1)19-17-13-7-8-14-18(17)21-20(22-19)16-11-5-2-6-12-16/h1,3-4,7-10,13-14,16H,2,5-6,11-12H2. The molecule has 0 saturated heterocycles. The number of fused-ring (bicyclic) bond motifs is 1. The molecule has 1 fully saturated rings. The summed E-state index contributed by atoms with van der Waals surface area (Å²) in [6, 6.07) is 18.8. The van der Waals surface area contributed by atoms with Gasteiger partial charge in [0.1, 0.15) is 5.82 Å². The van der Waals surface area contributed by atoms with Crippen LogP contribution in [-0.2, 0) is 0 Å². The van der Waals surface area contributed by atoms with Crippen LogP contribution in [0.15, 0.2) is 54.6 Å². The average molecular weight is 288 g/mol. The van der Waals surface area contributed by atoms with Gasteiger partial charge in [0, 0.05) is 16.9 Å². The first-order valence-corrected chi connectivity index (χ1v) is 8.24. The number of para-hydroxylation sites is 1. The van der Waals surface area contributed by atoms with Crippen molar-refractivity contribution < 1.29 is 0 Å². The van der Waals surface area contributed by atoms with Crippen molar-refractivity contribution in [1.29, 1.82) is 0 Å². The van der Waals surface area contributed by atoms with E-state index in [-0.39, 0.29) is 0 Å². The van der Waals surface area contributed by atoms with Gasteiger partial charge in [0.15, 0.2) is 0 Å². The highest BCUT2D eigenvalue weighted by Crippen LogP contribution is 2.34. The minimum atomic E-state index is 0.529. The topological polar surface area (TPSA) is 25.8 Å². The molecule has 2 heteroatoms. The molecule has 4 rings (SSSR count). The van der Waals surface area contributed by atoms with Gasteiger partial charge in [-0.2, -0.15) is 0 Å². The second-order valence-corrected chi connectivity index (χ2v) is 6.15. The molecule has 0 atom stereocenters. The molecule has 1 aromatic heterocycles. The van der Waals surface area contributed by atoms with E-state index >= 15 is 0 Å². The number of benzene rings is 2. The van der Waals surface area contributed by atoms with E-state index in [1.165, 1.54) is 37.7 Å². The van der Waals surface area contributed by atoms with Crippen molar-refractivity contribution in [1.82, 2.24) is 9.97 Å². The van der Waals surface area contributed by atoms with Gasteiger partial charge in [0.05, 0.1) is 11.2 Å². The summed E-state index contributed by atoms with van der Waals surface area (Å²) in [5.41, 5.74) is 3.32. The van der Waals surface area contributed by atoms with E-state index in [1.807, 2.05) is 0 Å². The third-order valence-electron chi connectivity index (χ3n) is 4.64. The molecule has 0 amide bonds. The van der Waals surface area contributed by atoms with Crippen LogP contribution >= 0.6 is 0 Å². The van der Waals surface area contributed by atoms with Crippen LogP contribution in [0.3, 0.4) is 0 Å². The molecule has 0 aliphatic heterocycles. The smallest absolute Gasteiger partial charge is 0.132 e. The van der Waals surface area contributed by atoms with Crippen molar-refractivity contribution in [3.63, 3.8) is 0 Å². The van der Waals surface area contributed by atoms with E-state index in [9.17, 15) is 0 Å². The monoisotopic (exact) mass is 288 g/mol. The highest BCUT2D eigenvalue weighted by Gasteiger charge is 2.20. The second-order valence-electron chi connectivity index (χ2n) is 6.15. The van der Waals surface area contributed by atoms with Crippen LogP contribution in [0.2, 0.25) is 0 Å². The second kappa shape index (κ2) is 5.88. The lowest BCUT2D eigenvalue weighted by Gasteiger charge is -2.21. The zero-order chi connectivity index (χ0) is 14.8. The molecule has 0 N–H and O–H groups in total. The first kappa shape index (κ1) is 13.4. The van der Waals surface area contributed by atoms with Gasteiger partial charge in [-0.3, -0.25) is 0 Å². The van der Waals surface area contributed by atoms with Gasteiger partial charge in [0.25, 0.3) is 0 Å². The number of nitrogens with zero attached hydrogens (tertiary/aromatic N) is 2. The van der Waals surface area contributed by atoms with Crippen molar-refractivity contribution in [2.75, 3.05) is 0 Å². The summed E-state index contributed by atoms with van der Waals surface area (Å²) in [7, 11) is 0. The predicted molar refractivity (Wildman–Crippen MR) is 90.8 cm³/mol. The van der Waals surface area contributed by atoms with E-state index in [4.69, 9.17) is 9.97 Å². The number of aromatic nitrogens is 2. The van der Waals surface area contributed by atoms with E-state index in [0.717, 1.165) is 22.4 Å². The molecule has 0 radical (unpaired) electrons. The van der Waals surface area contributed by atoms with Gasteiger partial charge >= 0.3 is 0 Å². The molecule has 110 valence electrons. The molecule has 0 unspecified atom stereocenters. The van der Waals surface area contributed by atoms with Gasteiger partial charge < -0.3 is 0 Å². The van der Waals surface area contributed by atoms with E-state index < -0.39 is 0 Å². The van der Waals surface area contributed by atoms with Crippen molar-refractivity contribution >= 4 is 10.9 Å². The Bertz CT molecular complexity index is 774. The molecule has 1 saturated carbocycles. The Morgan fingerprint density at radius 2 is 1.45 bits per heavy atom. The Morgan fingerprint density at radius 3 is 2.27 bits per heavy atom. The average Bonchev–Trinajstić information content (AvgIpc) is 2.62. The molecule has 1 aliphatic carbocycles. The summed E-state index contributed by atoms with van der Waals surface area (Å²) in [6.07, 6.45) is 6.43. The number of hydrogen-bond donors (Lipinski definition) is 0. The Morgan fingerprint density at radius 1 is 0.727 bits per heavy atom.